The molecule has 1 aliphatic heterocycles. The first-order valence-corrected chi connectivity index (χ1v) is 9.08. The summed E-state index contributed by atoms with van der Waals surface area (Å²) >= 11 is 0. The first kappa shape index (κ1) is 18.9. The maximum absolute atomic E-state index is 12.9. The number of nitro groups is 1. The van der Waals surface area contributed by atoms with Crippen molar-refractivity contribution in [2.75, 3.05) is 0 Å². The third-order valence-electron chi connectivity index (χ3n) is 5.07. The fraction of sp³-hybridized carbons (Fsp3) is 0.474. The molecular formula is C19H23N3O5. The molecule has 2 aliphatic rings. The van der Waals surface area contributed by atoms with Crippen molar-refractivity contribution in [3.05, 3.63) is 51.2 Å². The Morgan fingerprint density at radius 2 is 2.11 bits per heavy atom. The Morgan fingerprint density at radius 3 is 2.81 bits per heavy atom. The summed E-state index contributed by atoms with van der Waals surface area (Å²) in [5, 5.41) is 16.3. The van der Waals surface area contributed by atoms with E-state index in [1.165, 1.54) is 18.2 Å². The summed E-state index contributed by atoms with van der Waals surface area (Å²) in [6.07, 6.45) is 3.64. The lowest BCUT2D eigenvalue weighted by atomic mass is 9.88. The van der Waals surface area contributed by atoms with Crippen LogP contribution in [0.4, 0.5) is 10.5 Å². The molecule has 3 atom stereocenters. The maximum Gasteiger partial charge on any atom is 0.338 e. The monoisotopic (exact) mass is 373 g/mol. The van der Waals surface area contributed by atoms with Gasteiger partial charge in [0, 0.05) is 17.8 Å². The average Bonchev–Trinajstić information content (AvgIpc) is 2.61. The second-order valence-corrected chi connectivity index (χ2v) is 7.22. The second-order valence-electron chi connectivity index (χ2n) is 7.22. The number of esters is 1. The van der Waals surface area contributed by atoms with Crippen molar-refractivity contribution in [1.29, 1.82) is 0 Å². The predicted molar refractivity (Wildman–Crippen MR) is 97.7 cm³/mol. The number of carbonyl (C=O) groups is 2. The minimum absolute atomic E-state index is 0.105. The van der Waals surface area contributed by atoms with E-state index in [2.05, 4.69) is 17.6 Å². The number of rotatable bonds is 4. The standard InChI is InChI=1S/C19H23N3O5/c1-11-5-3-8-15(9-11)27-18(23)16-12(2)20-19(24)21-17(16)13-6-4-7-14(10-13)22(25)26/h4,6-7,10-11,15,17H,3,5,8-9H2,1-2H3,(H2,20,21,24)/t11-,15-,17+/m0/s1. The number of nitrogens with zero attached hydrogens (tertiary/aromatic N) is 1. The largest absolute Gasteiger partial charge is 0.459 e. The number of allylic oxidation sites excluding steroid dienone is 1. The van der Waals surface area contributed by atoms with Gasteiger partial charge in [0.25, 0.3) is 5.69 Å². The SMILES string of the molecule is CC1=C(C(=O)O[C@H]2CCC[C@H](C)C2)[C@@H](c2cccc([N+](=O)[O-])c2)NC(=O)N1. The minimum atomic E-state index is -0.799. The zero-order valence-corrected chi connectivity index (χ0v) is 15.4. The Hall–Kier alpha value is -2.90. The van der Waals surface area contributed by atoms with E-state index in [1.54, 1.807) is 13.0 Å². The summed E-state index contributed by atoms with van der Waals surface area (Å²) in [5.74, 6) is -0.000939. The smallest absolute Gasteiger partial charge is 0.338 e. The van der Waals surface area contributed by atoms with Gasteiger partial charge in [-0.05, 0) is 37.7 Å². The second kappa shape index (κ2) is 7.77. The van der Waals surface area contributed by atoms with Crippen LogP contribution in [0.5, 0.6) is 0 Å². The highest BCUT2D eigenvalue weighted by Gasteiger charge is 2.34. The predicted octanol–water partition coefficient (Wildman–Crippen LogP) is 3.34. The quantitative estimate of drug-likeness (QED) is 0.478. The molecule has 0 radical (unpaired) electrons. The molecule has 144 valence electrons. The normalized spacial score (nSPS) is 25.4. The molecule has 1 heterocycles. The maximum atomic E-state index is 12.9. The molecule has 8 heteroatoms. The van der Waals surface area contributed by atoms with Crippen LogP contribution in [0.25, 0.3) is 0 Å². The summed E-state index contributed by atoms with van der Waals surface area (Å²) in [5.41, 5.74) is 1.02. The van der Waals surface area contributed by atoms with Gasteiger partial charge < -0.3 is 15.4 Å². The number of amides is 2. The van der Waals surface area contributed by atoms with Crippen LogP contribution >= 0.6 is 0 Å². The molecule has 3 rings (SSSR count). The van der Waals surface area contributed by atoms with Gasteiger partial charge in [0.2, 0.25) is 0 Å². The molecule has 1 saturated carbocycles. The Kier molecular flexibility index (Phi) is 5.43. The molecule has 8 nitrogen and oxygen atoms in total. The van der Waals surface area contributed by atoms with Crippen LogP contribution in [-0.4, -0.2) is 23.0 Å². The molecular weight excluding hydrogens is 350 g/mol. The highest BCUT2D eigenvalue weighted by molar-refractivity contribution is 5.95. The summed E-state index contributed by atoms with van der Waals surface area (Å²) in [7, 11) is 0. The van der Waals surface area contributed by atoms with Gasteiger partial charge in [-0.25, -0.2) is 9.59 Å². The van der Waals surface area contributed by atoms with Crippen LogP contribution in [0.1, 0.15) is 51.1 Å². The van der Waals surface area contributed by atoms with Gasteiger partial charge >= 0.3 is 12.0 Å². The van der Waals surface area contributed by atoms with Gasteiger partial charge in [-0.15, -0.1) is 0 Å². The molecule has 0 aromatic heterocycles. The third kappa shape index (κ3) is 4.27. The van der Waals surface area contributed by atoms with Crippen molar-refractivity contribution >= 4 is 17.7 Å². The molecule has 0 unspecified atom stereocenters. The van der Waals surface area contributed by atoms with Crippen molar-refractivity contribution in [2.45, 2.75) is 51.7 Å². The van der Waals surface area contributed by atoms with E-state index in [9.17, 15) is 19.7 Å². The van der Waals surface area contributed by atoms with E-state index >= 15 is 0 Å². The zero-order chi connectivity index (χ0) is 19.6. The fourth-order valence-corrected chi connectivity index (χ4v) is 3.73. The van der Waals surface area contributed by atoms with E-state index in [0.717, 1.165) is 25.7 Å². The number of carbonyl (C=O) groups excluding carboxylic acids is 2. The van der Waals surface area contributed by atoms with Crippen molar-refractivity contribution in [1.82, 2.24) is 10.6 Å². The Morgan fingerprint density at radius 1 is 1.33 bits per heavy atom. The van der Waals surface area contributed by atoms with Gasteiger partial charge in [0.15, 0.2) is 0 Å². The average molecular weight is 373 g/mol. The van der Waals surface area contributed by atoms with E-state index < -0.39 is 23.0 Å². The van der Waals surface area contributed by atoms with E-state index in [1.807, 2.05) is 0 Å². The summed E-state index contributed by atoms with van der Waals surface area (Å²) < 4.78 is 5.71. The van der Waals surface area contributed by atoms with Gasteiger partial charge in [-0.3, -0.25) is 10.1 Å². The lowest BCUT2D eigenvalue weighted by molar-refractivity contribution is -0.384. The number of hydrogen-bond acceptors (Lipinski definition) is 5. The molecule has 1 aromatic carbocycles. The number of nitrogens with one attached hydrogen (secondary N) is 2. The highest BCUT2D eigenvalue weighted by Crippen LogP contribution is 2.32. The number of nitro benzene ring substituents is 1. The highest BCUT2D eigenvalue weighted by atomic mass is 16.6. The third-order valence-corrected chi connectivity index (χ3v) is 5.07. The van der Waals surface area contributed by atoms with E-state index in [4.69, 9.17) is 4.74 Å². The molecule has 1 fully saturated rings. The number of urea groups is 1. The molecule has 2 N–H and O–H groups in total. The van der Waals surface area contributed by atoms with Crippen LogP contribution < -0.4 is 10.6 Å². The van der Waals surface area contributed by atoms with E-state index in [0.29, 0.717) is 17.2 Å². The minimum Gasteiger partial charge on any atom is -0.459 e. The number of benzene rings is 1. The molecule has 27 heavy (non-hydrogen) atoms. The van der Waals surface area contributed by atoms with Gasteiger partial charge in [0.1, 0.15) is 6.10 Å². The van der Waals surface area contributed by atoms with Crippen molar-refractivity contribution in [2.24, 2.45) is 5.92 Å². The van der Waals surface area contributed by atoms with Crippen LogP contribution in [0, 0.1) is 16.0 Å². The number of ether oxygens (including phenoxy) is 1. The lowest BCUT2D eigenvalue weighted by Gasteiger charge is -2.31. The summed E-state index contributed by atoms with van der Waals surface area (Å²) in [6.45, 7) is 3.77. The molecule has 1 aliphatic carbocycles. The first-order chi connectivity index (χ1) is 12.8. The van der Waals surface area contributed by atoms with Crippen molar-refractivity contribution < 1.29 is 19.2 Å². The molecule has 0 spiro atoms. The van der Waals surface area contributed by atoms with E-state index in [-0.39, 0.29) is 17.4 Å². The lowest BCUT2D eigenvalue weighted by Crippen LogP contribution is -2.45. The zero-order valence-electron chi connectivity index (χ0n) is 15.4. The van der Waals surface area contributed by atoms with Crippen LogP contribution in [0.15, 0.2) is 35.5 Å². The van der Waals surface area contributed by atoms with Gasteiger partial charge in [-0.1, -0.05) is 25.5 Å². The van der Waals surface area contributed by atoms with Gasteiger partial charge in [-0.2, -0.15) is 0 Å². The van der Waals surface area contributed by atoms with Crippen LogP contribution in [-0.2, 0) is 9.53 Å². The van der Waals surface area contributed by atoms with Crippen LogP contribution in [0.2, 0.25) is 0 Å². The van der Waals surface area contributed by atoms with Crippen molar-refractivity contribution in [3.8, 4) is 0 Å². The first-order valence-electron chi connectivity index (χ1n) is 9.08. The fourth-order valence-electron chi connectivity index (χ4n) is 3.73. The van der Waals surface area contributed by atoms with Gasteiger partial charge in [0.05, 0.1) is 16.5 Å². The number of non-ortho nitro benzene ring substituents is 1. The summed E-state index contributed by atoms with van der Waals surface area (Å²) in [4.78, 5) is 35.4. The van der Waals surface area contributed by atoms with Crippen molar-refractivity contribution in [3.63, 3.8) is 0 Å². The Labute approximate surface area is 157 Å². The molecule has 0 saturated heterocycles. The molecule has 0 bridgehead atoms. The Balaban J connectivity index is 1.88. The number of hydrogen-bond donors (Lipinski definition) is 2. The summed E-state index contributed by atoms with van der Waals surface area (Å²) in [6, 6.07) is 4.64. The Bertz CT molecular complexity index is 804. The molecule has 2 amide bonds. The topological polar surface area (TPSA) is 111 Å². The molecule has 1 aromatic rings. The van der Waals surface area contributed by atoms with Crippen LogP contribution in [0.3, 0.4) is 0 Å².